The Balaban J connectivity index is 1.58. The molecule has 51 heavy (non-hydrogen) atoms. The van der Waals surface area contributed by atoms with Crippen LogP contribution in [0.15, 0.2) is 24.3 Å². The van der Waals surface area contributed by atoms with Gasteiger partial charge in [0, 0.05) is 64.5 Å². The molecule has 0 aromatic heterocycles. The lowest BCUT2D eigenvalue weighted by atomic mass is 9.78. The summed E-state index contributed by atoms with van der Waals surface area (Å²) in [6.45, 7) is 3.58. The maximum Gasteiger partial charge on any atom is 0.475 e. The van der Waals surface area contributed by atoms with Crippen molar-refractivity contribution in [1.29, 1.82) is 0 Å². The number of rotatable bonds is 14. The standard InChI is InChI=1S/C31H49BN8O11/c1-22(31(49)40-11-2-4-25(40)32(50)51)33-30(48)23-5-7-24(8-6-23)34-35-26(41)18-38-14-12-36(19-27(42)43)9-3-10-37(20-28(44)45)13-16-39(17-15-38)21-29(46)47/h5-8,22,25,34,50-51H,2-4,9-21H2,1H3,(H,33,48)(H,35,41)(H,42,43)(H,44,45)(H,46,47)/t22-,25+/m1/s1. The molecule has 20 heteroatoms. The van der Waals surface area contributed by atoms with Gasteiger partial charge in [-0.2, -0.15) is 0 Å². The van der Waals surface area contributed by atoms with E-state index in [0.29, 0.717) is 64.2 Å². The molecule has 2 aliphatic rings. The molecule has 1 aromatic rings. The number of carbonyl (C=O) groups excluding carboxylic acids is 3. The van der Waals surface area contributed by atoms with Crippen molar-refractivity contribution in [2.75, 3.05) is 90.5 Å². The molecule has 0 spiro atoms. The fourth-order valence-electron chi connectivity index (χ4n) is 6.08. The van der Waals surface area contributed by atoms with Crippen LogP contribution in [0.2, 0.25) is 0 Å². The molecule has 8 N–H and O–H groups in total. The van der Waals surface area contributed by atoms with Crippen LogP contribution >= 0.6 is 0 Å². The number of carbonyl (C=O) groups is 6. The van der Waals surface area contributed by atoms with Gasteiger partial charge in [0.15, 0.2) is 0 Å². The fraction of sp³-hybridized carbons (Fsp3) is 0.613. The third-order valence-electron chi connectivity index (χ3n) is 8.73. The molecule has 0 bridgehead atoms. The summed E-state index contributed by atoms with van der Waals surface area (Å²) in [7, 11) is -1.66. The summed E-state index contributed by atoms with van der Waals surface area (Å²) in [6.07, 6.45) is 1.58. The topological polar surface area (TPSA) is 256 Å². The van der Waals surface area contributed by atoms with Gasteiger partial charge >= 0.3 is 25.0 Å². The van der Waals surface area contributed by atoms with Crippen molar-refractivity contribution in [3.05, 3.63) is 29.8 Å². The third kappa shape index (κ3) is 14.4. The van der Waals surface area contributed by atoms with Crippen LogP contribution in [-0.2, 0) is 24.0 Å². The molecular weight excluding hydrogens is 671 g/mol. The van der Waals surface area contributed by atoms with Crippen molar-refractivity contribution in [3.63, 3.8) is 0 Å². The van der Waals surface area contributed by atoms with E-state index in [0.717, 1.165) is 0 Å². The van der Waals surface area contributed by atoms with Gasteiger partial charge in [0.1, 0.15) is 6.04 Å². The summed E-state index contributed by atoms with van der Waals surface area (Å²) >= 11 is 0. The Morgan fingerprint density at radius 3 is 1.65 bits per heavy atom. The van der Waals surface area contributed by atoms with E-state index in [-0.39, 0.29) is 51.4 Å². The SMILES string of the molecule is C[C@@H](NC(=O)c1ccc(NNC(=O)CN2CCN(CC(=O)O)CCCN(CC(=O)O)CCN(CC(=O)O)CC2)cc1)C(=O)N1CCC[C@H]1B(O)O. The second-order valence-corrected chi connectivity index (χ2v) is 12.7. The van der Waals surface area contributed by atoms with Gasteiger partial charge in [0.25, 0.3) is 11.8 Å². The number of aliphatic carboxylic acids is 3. The smallest absolute Gasteiger partial charge is 0.475 e. The lowest BCUT2D eigenvalue weighted by Gasteiger charge is -2.28. The van der Waals surface area contributed by atoms with Gasteiger partial charge in [0.2, 0.25) is 5.91 Å². The van der Waals surface area contributed by atoms with E-state index in [1.807, 2.05) is 0 Å². The summed E-state index contributed by atoms with van der Waals surface area (Å²) in [4.78, 5) is 81.3. The van der Waals surface area contributed by atoms with Crippen LogP contribution in [0.25, 0.3) is 0 Å². The number of carboxylic acids is 3. The van der Waals surface area contributed by atoms with Crippen LogP contribution in [-0.4, -0.2) is 190 Å². The van der Waals surface area contributed by atoms with Crippen LogP contribution in [0.4, 0.5) is 5.69 Å². The average Bonchev–Trinajstić information content (AvgIpc) is 3.56. The van der Waals surface area contributed by atoms with E-state index in [9.17, 15) is 54.1 Å². The molecule has 3 amide bonds. The normalized spacial score (nSPS) is 19.5. The van der Waals surface area contributed by atoms with Crippen molar-refractivity contribution < 1.29 is 54.1 Å². The Hall–Kier alpha value is -4.34. The number of hydrazine groups is 1. The quantitative estimate of drug-likeness (QED) is 0.0709. The van der Waals surface area contributed by atoms with Crippen LogP contribution in [0.1, 0.15) is 36.5 Å². The van der Waals surface area contributed by atoms with Crippen molar-refractivity contribution in [3.8, 4) is 0 Å². The predicted molar refractivity (Wildman–Crippen MR) is 183 cm³/mol. The maximum absolute atomic E-state index is 13.0. The minimum atomic E-state index is -1.66. The monoisotopic (exact) mass is 720 g/mol. The summed E-state index contributed by atoms with van der Waals surface area (Å²) in [5.74, 6) is -5.16. The molecule has 0 unspecified atom stereocenters. The zero-order valence-electron chi connectivity index (χ0n) is 28.8. The van der Waals surface area contributed by atoms with Crippen LogP contribution in [0, 0.1) is 0 Å². The average molecular weight is 721 g/mol. The first kappa shape index (κ1) is 41.1. The lowest BCUT2D eigenvalue weighted by Crippen LogP contribution is -2.52. The number of anilines is 1. The molecule has 282 valence electrons. The number of carboxylic acid groups (broad SMARTS) is 3. The van der Waals surface area contributed by atoms with Gasteiger partial charge in [-0.3, -0.25) is 59.2 Å². The number of nitrogens with zero attached hydrogens (tertiary/aromatic N) is 5. The summed E-state index contributed by atoms with van der Waals surface area (Å²) in [5, 5.41) is 49.9. The first-order valence-electron chi connectivity index (χ1n) is 16.9. The minimum absolute atomic E-state index is 0.0997. The van der Waals surface area contributed by atoms with Gasteiger partial charge < -0.3 is 35.6 Å². The van der Waals surface area contributed by atoms with Crippen LogP contribution in [0.5, 0.6) is 0 Å². The Bertz CT molecular complexity index is 1360. The van der Waals surface area contributed by atoms with Crippen LogP contribution < -0.4 is 16.2 Å². The van der Waals surface area contributed by atoms with Gasteiger partial charge in [0.05, 0.1) is 37.8 Å². The molecule has 2 aliphatic heterocycles. The Kier molecular flexibility index (Phi) is 16.5. The second-order valence-electron chi connectivity index (χ2n) is 12.7. The van der Waals surface area contributed by atoms with Crippen molar-refractivity contribution in [1.82, 2.24) is 35.2 Å². The van der Waals surface area contributed by atoms with Crippen molar-refractivity contribution in [2.24, 2.45) is 0 Å². The van der Waals surface area contributed by atoms with E-state index in [1.165, 1.54) is 24.0 Å². The highest BCUT2D eigenvalue weighted by Crippen LogP contribution is 2.19. The summed E-state index contributed by atoms with van der Waals surface area (Å²) in [6, 6.07) is 5.22. The summed E-state index contributed by atoms with van der Waals surface area (Å²) < 4.78 is 0. The molecule has 0 aliphatic carbocycles. The highest BCUT2D eigenvalue weighted by atomic mass is 16.4. The molecule has 19 nitrogen and oxygen atoms in total. The van der Waals surface area contributed by atoms with Gasteiger partial charge in [-0.15, -0.1) is 0 Å². The Morgan fingerprint density at radius 2 is 1.18 bits per heavy atom. The fourth-order valence-corrected chi connectivity index (χ4v) is 6.08. The van der Waals surface area contributed by atoms with E-state index < -0.39 is 54.7 Å². The molecular formula is C31H49BN8O11. The van der Waals surface area contributed by atoms with Crippen LogP contribution in [0.3, 0.4) is 0 Å². The molecule has 0 radical (unpaired) electrons. The third-order valence-corrected chi connectivity index (χ3v) is 8.73. The van der Waals surface area contributed by atoms with Crippen molar-refractivity contribution in [2.45, 2.75) is 38.2 Å². The first-order valence-corrected chi connectivity index (χ1v) is 16.9. The number of hydrogen-bond acceptors (Lipinski definition) is 13. The highest BCUT2D eigenvalue weighted by Gasteiger charge is 2.38. The zero-order valence-corrected chi connectivity index (χ0v) is 28.8. The number of likely N-dealkylation sites (tertiary alicyclic amines) is 1. The highest BCUT2D eigenvalue weighted by molar-refractivity contribution is 6.43. The molecule has 0 saturated carbocycles. The number of nitrogens with one attached hydrogen (secondary N) is 3. The molecule has 2 saturated heterocycles. The Labute approximate surface area is 296 Å². The first-order chi connectivity index (χ1) is 24.2. The number of benzene rings is 1. The predicted octanol–water partition coefficient (Wildman–Crippen LogP) is -2.88. The van der Waals surface area contributed by atoms with E-state index in [1.54, 1.807) is 31.7 Å². The number of amides is 3. The zero-order chi connectivity index (χ0) is 37.5. The molecule has 2 atom stereocenters. The molecule has 3 rings (SSSR count). The Morgan fingerprint density at radius 1 is 0.706 bits per heavy atom. The number of hydrogen-bond donors (Lipinski definition) is 8. The van der Waals surface area contributed by atoms with E-state index >= 15 is 0 Å². The largest absolute Gasteiger partial charge is 0.480 e. The van der Waals surface area contributed by atoms with Gasteiger partial charge in [-0.25, -0.2) is 0 Å². The minimum Gasteiger partial charge on any atom is -0.480 e. The molecule has 2 fully saturated rings. The summed E-state index contributed by atoms with van der Waals surface area (Å²) in [5.41, 5.74) is 6.09. The van der Waals surface area contributed by atoms with E-state index in [2.05, 4.69) is 16.2 Å². The molecule has 2 heterocycles. The lowest BCUT2D eigenvalue weighted by molar-refractivity contribution is -0.140. The maximum atomic E-state index is 13.0. The van der Waals surface area contributed by atoms with Crippen molar-refractivity contribution >= 4 is 48.4 Å². The van der Waals surface area contributed by atoms with Gasteiger partial charge in [-0.05, 0) is 50.5 Å². The molecule has 1 aromatic carbocycles. The second kappa shape index (κ2) is 20.5. The van der Waals surface area contributed by atoms with E-state index in [4.69, 9.17) is 0 Å². The van der Waals surface area contributed by atoms with Gasteiger partial charge in [-0.1, -0.05) is 0 Å².